The number of benzene rings is 1. The number of nitrogens with zero attached hydrogens (tertiary/aromatic N) is 1. The van der Waals surface area contributed by atoms with Crippen LogP contribution in [-0.2, 0) is 9.84 Å². The normalized spacial score (nSPS) is 11.5. The van der Waals surface area contributed by atoms with E-state index in [0.29, 0.717) is 11.3 Å². The second-order valence-corrected chi connectivity index (χ2v) is 5.95. The molecule has 0 aliphatic rings. The minimum atomic E-state index is -3.67. The standard InChI is InChI=1S/C11H12FN3O3S/c1-18-9-5-10(19(2,16)17)7(12)3-6(9)8-4-11(13)15-14-8/h3-5H,1-2H3,(H3,13,14,15). The number of ether oxygens (including phenoxy) is 1. The first-order chi connectivity index (χ1) is 8.82. The topological polar surface area (TPSA) is 98.1 Å². The largest absolute Gasteiger partial charge is 0.496 e. The van der Waals surface area contributed by atoms with Gasteiger partial charge in [0.05, 0.1) is 12.8 Å². The summed E-state index contributed by atoms with van der Waals surface area (Å²) in [5.74, 6) is -0.401. The van der Waals surface area contributed by atoms with Crippen molar-refractivity contribution in [2.45, 2.75) is 4.90 Å². The molecule has 0 aliphatic carbocycles. The highest BCUT2D eigenvalue weighted by Crippen LogP contribution is 2.33. The lowest BCUT2D eigenvalue weighted by molar-refractivity contribution is 0.413. The van der Waals surface area contributed by atoms with Gasteiger partial charge in [-0.15, -0.1) is 0 Å². The van der Waals surface area contributed by atoms with Gasteiger partial charge in [0, 0.05) is 24.0 Å². The van der Waals surface area contributed by atoms with E-state index in [-0.39, 0.29) is 11.6 Å². The molecule has 0 unspecified atom stereocenters. The van der Waals surface area contributed by atoms with Crippen LogP contribution in [0.5, 0.6) is 5.75 Å². The fraction of sp³-hybridized carbons (Fsp3) is 0.182. The number of hydrogen-bond acceptors (Lipinski definition) is 5. The SMILES string of the molecule is COc1cc(S(C)(=O)=O)c(F)cc1-c1cc(N)n[nH]1. The Labute approximate surface area is 109 Å². The summed E-state index contributed by atoms with van der Waals surface area (Å²) in [7, 11) is -2.30. The zero-order chi connectivity index (χ0) is 14.2. The molecule has 0 saturated carbocycles. The molecule has 6 nitrogen and oxygen atoms in total. The summed E-state index contributed by atoms with van der Waals surface area (Å²) in [6, 6.07) is 3.70. The Morgan fingerprint density at radius 2 is 2.05 bits per heavy atom. The van der Waals surface area contributed by atoms with E-state index in [1.165, 1.54) is 13.2 Å². The summed E-state index contributed by atoms with van der Waals surface area (Å²) in [6.07, 6.45) is 0.929. The van der Waals surface area contributed by atoms with Gasteiger partial charge in [0.15, 0.2) is 9.84 Å². The molecule has 3 N–H and O–H groups in total. The van der Waals surface area contributed by atoms with E-state index in [1.807, 2.05) is 0 Å². The molecule has 8 heteroatoms. The maximum Gasteiger partial charge on any atom is 0.178 e. The Morgan fingerprint density at radius 1 is 1.37 bits per heavy atom. The molecule has 1 aromatic heterocycles. The van der Waals surface area contributed by atoms with E-state index in [9.17, 15) is 12.8 Å². The van der Waals surface area contributed by atoms with E-state index in [4.69, 9.17) is 10.5 Å². The van der Waals surface area contributed by atoms with Crippen molar-refractivity contribution < 1.29 is 17.5 Å². The molecule has 19 heavy (non-hydrogen) atoms. The molecule has 102 valence electrons. The summed E-state index contributed by atoms with van der Waals surface area (Å²) in [5, 5.41) is 6.34. The molecule has 0 radical (unpaired) electrons. The first-order valence-corrected chi connectivity index (χ1v) is 7.11. The molecular weight excluding hydrogens is 273 g/mol. The van der Waals surface area contributed by atoms with Gasteiger partial charge in [-0.25, -0.2) is 12.8 Å². The van der Waals surface area contributed by atoms with Crippen molar-refractivity contribution in [1.29, 1.82) is 0 Å². The number of halogens is 1. The highest BCUT2D eigenvalue weighted by Gasteiger charge is 2.19. The van der Waals surface area contributed by atoms with Gasteiger partial charge < -0.3 is 10.5 Å². The van der Waals surface area contributed by atoms with Crippen LogP contribution in [0.1, 0.15) is 0 Å². The number of anilines is 1. The Bertz CT molecular complexity index is 725. The predicted octanol–water partition coefficient (Wildman–Crippen LogP) is 1.21. The van der Waals surface area contributed by atoms with Crippen LogP contribution in [0.4, 0.5) is 10.2 Å². The fourth-order valence-electron chi connectivity index (χ4n) is 1.67. The van der Waals surface area contributed by atoms with Crippen LogP contribution in [0.25, 0.3) is 11.3 Å². The van der Waals surface area contributed by atoms with Crippen LogP contribution in [-0.4, -0.2) is 32.0 Å². The molecule has 2 rings (SSSR count). The second-order valence-electron chi connectivity index (χ2n) is 3.96. The monoisotopic (exact) mass is 285 g/mol. The van der Waals surface area contributed by atoms with Crippen molar-refractivity contribution >= 4 is 15.7 Å². The van der Waals surface area contributed by atoms with Gasteiger partial charge in [-0.1, -0.05) is 0 Å². The van der Waals surface area contributed by atoms with Crippen molar-refractivity contribution in [3.8, 4) is 17.0 Å². The first-order valence-electron chi connectivity index (χ1n) is 5.21. The molecule has 0 saturated heterocycles. The lowest BCUT2D eigenvalue weighted by Gasteiger charge is -2.09. The highest BCUT2D eigenvalue weighted by molar-refractivity contribution is 7.90. The minimum absolute atomic E-state index is 0.213. The Kier molecular flexibility index (Phi) is 3.19. The van der Waals surface area contributed by atoms with Crippen molar-refractivity contribution in [3.05, 3.63) is 24.0 Å². The van der Waals surface area contributed by atoms with Gasteiger partial charge in [0.1, 0.15) is 22.3 Å². The van der Waals surface area contributed by atoms with Gasteiger partial charge in [-0.2, -0.15) is 5.10 Å². The quantitative estimate of drug-likeness (QED) is 0.883. The van der Waals surface area contributed by atoms with Crippen LogP contribution in [0.15, 0.2) is 23.1 Å². The number of methoxy groups -OCH3 is 1. The van der Waals surface area contributed by atoms with Gasteiger partial charge in [-0.3, -0.25) is 5.10 Å². The van der Waals surface area contributed by atoms with Crippen LogP contribution >= 0.6 is 0 Å². The molecule has 0 fully saturated rings. The maximum absolute atomic E-state index is 13.9. The van der Waals surface area contributed by atoms with Crippen molar-refractivity contribution in [3.63, 3.8) is 0 Å². The van der Waals surface area contributed by atoms with Crippen molar-refractivity contribution in [2.24, 2.45) is 0 Å². The number of nitrogen functional groups attached to an aromatic ring is 1. The predicted molar refractivity (Wildman–Crippen MR) is 68.1 cm³/mol. The number of nitrogens with one attached hydrogen (secondary N) is 1. The van der Waals surface area contributed by atoms with Gasteiger partial charge in [0.25, 0.3) is 0 Å². The molecule has 1 aromatic carbocycles. The van der Waals surface area contributed by atoms with E-state index < -0.39 is 20.5 Å². The third-order valence-corrected chi connectivity index (χ3v) is 3.65. The number of nitrogens with two attached hydrogens (primary N) is 1. The molecule has 0 spiro atoms. The number of rotatable bonds is 3. The first kappa shape index (κ1) is 13.3. The lowest BCUT2D eigenvalue weighted by atomic mass is 10.1. The number of H-pyrrole nitrogens is 1. The average molecular weight is 285 g/mol. The number of aromatic nitrogens is 2. The minimum Gasteiger partial charge on any atom is -0.496 e. The van der Waals surface area contributed by atoms with E-state index in [0.717, 1.165) is 18.4 Å². The zero-order valence-corrected chi connectivity index (χ0v) is 11.1. The zero-order valence-electron chi connectivity index (χ0n) is 10.3. The van der Waals surface area contributed by atoms with Crippen molar-refractivity contribution in [1.82, 2.24) is 10.2 Å². The van der Waals surface area contributed by atoms with Crippen LogP contribution in [0, 0.1) is 5.82 Å². The maximum atomic E-state index is 13.9. The number of aromatic amines is 1. The van der Waals surface area contributed by atoms with E-state index in [2.05, 4.69) is 10.2 Å². The third-order valence-electron chi connectivity index (χ3n) is 2.54. The van der Waals surface area contributed by atoms with Gasteiger partial charge >= 0.3 is 0 Å². The van der Waals surface area contributed by atoms with Crippen molar-refractivity contribution in [2.75, 3.05) is 19.1 Å². The molecule has 1 heterocycles. The number of hydrogen-bond donors (Lipinski definition) is 2. The van der Waals surface area contributed by atoms with Crippen LogP contribution in [0.2, 0.25) is 0 Å². The van der Waals surface area contributed by atoms with Crippen LogP contribution in [0.3, 0.4) is 0 Å². The fourth-order valence-corrected chi connectivity index (χ4v) is 2.41. The molecule has 0 aliphatic heterocycles. The molecule has 0 atom stereocenters. The van der Waals surface area contributed by atoms with Gasteiger partial charge in [-0.05, 0) is 6.07 Å². The molecule has 0 amide bonds. The second kappa shape index (κ2) is 4.54. The summed E-state index contributed by atoms with van der Waals surface area (Å²) in [5.41, 5.74) is 6.25. The molecule has 0 bridgehead atoms. The molecular formula is C11H12FN3O3S. The van der Waals surface area contributed by atoms with E-state index in [1.54, 1.807) is 0 Å². The summed E-state index contributed by atoms with van der Waals surface area (Å²) >= 11 is 0. The molecule has 2 aromatic rings. The summed E-state index contributed by atoms with van der Waals surface area (Å²) in [6.45, 7) is 0. The summed E-state index contributed by atoms with van der Waals surface area (Å²) < 4.78 is 41.8. The lowest BCUT2D eigenvalue weighted by Crippen LogP contribution is -2.02. The van der Waals surface area contributed by atoms with E-state index >= 15 is 0 Å². The Balaban J connectivity index is 2.68. The third kappa shape index (κ3) is 2.53. The van der Waals surface area contributed by atoms with Crippen LogP contribution < -0.4 is 10.5 Å². The highest BCUT2D eigenvalue weighted by atomic mass is 32.2. The smallest absolute Gasteiger partial charge is 0.178 e. The average Bonchev–Trinajstić information content (AvgIpc) is 2.73. The van der Waals surface area contributed by atoms with Gasteiger partial charge in [0.2, 0.25) is 0 Å². The number of sulfone groups is 1. The Hall–Kier alpha value is -2.09. The Morgan fingerprint density at radius 3 is 2.53 bits per heavy atom. The summed E-state index contributed by atoms with van der Waals surface area (Å²) in [4.78, 5) is -0.416.